The lowest BCUT2D eigenvalue weighted by Gasteiger charge is -2.37. The Morgan fingerprint density at radius 1 is 1.00 bits per heavy atom. The number of anilines is 1. The summed E-state index contributed by atoms with van der Waals surface area (Å²) in [6.07, 6.45) is 4.54. The second-order valence-electron chi connectivity index (χ2n) is 8.77. The molecule has 1 saturated heterocycles. The van der Waals surface area contributed by atoms with Crippen molar-refractivity contribution in [1.82, 2.24) is 14.5 Å². The van der Waals surface area contributed by atoms with Crippen molar-refractivity contribution in [2.75, 3.05) is 37.7 Å². The van der Waals surface area contributed by atoms with Gasteiger partial charge in [-0.2, -0.15) is 0 Å². The van der Waals surface area contributed by atoms with Crippen molar-refractivity contribution in [1.29, 1.82) is 0 Å². The maximum absolute atomic E-state index is 13.8. The lowest BCUT2D eigenvalue weighted by Crippen LogP contribution is -2.49. The number of carbonyl (C=O) groups is 3. The predicted octanol–water partition coefficient (Wildman–Crippen LogP) is 3.01. The third-order valence-electron chi connectivity index (χ3n) is 6.53. The standard InChI is InChI=1S/C28H26N4O6/c1-2-37-28(36)24-25(30-12-14-31(15-13-30)26(34)23-9-6-16-38-23)20-10-11-29-17-21(20)32(27(24)35)18-22(33)19-7-4-3-5-8-19/h3-11,16-17H,2,12-15,18H2,1H3. The summed E-state index contributed by atoms with van der Waals surface area (Å²) < 4.78 is 11.8. The molecule has 3 aromatic heterocycles. The first-order valence-corrected chi connectivity index (χ1v) is 12.3. The highest BCUT2D eigenvalue weighted by molar-refractivity contribution is 6.06. The first kappa shape index (κ1) is 24.9. The third-order valence-corrected chi connectivity index (χ3v) is 6.53. The third kappa shape index (κ3) is 4.68. The zero-order valence-electron chi connectivity index (χ0n) is 20.8. The van der Waals surface area contributed by atoms with Crippen LogP contribution in [0.3, 0.4) is 0 Å². The van der Waals surface area contributed by atoms with Gasteiger partial charge in [0.2, 0.25) is 0 Å². The van der Waals surface area contributed by atoms with E-state index in [1.807, 2.05) is 4.90 Å². The van der Waals surface area contributed by atoms with E-state index in [0.717, 1.165) is 0 Å². The Labute approximate surface area is 218 Å². The number of esters is 1. The Balaban J connectivity index is 1.56. The van der Waals surface area contributed by atoms with Crippen molar-refractivity contribution in [3.05, 3.63) is 94.4 Å². The van der Waals surface area contributed by atoms with E-state index in [1.165, 1.54) is 17.0 Å². The number of carbonyl (C=O) groups excluding carboxylic acids is 3. The minimum atomic E-state index is -0.763. The molecule has 10 nitrogen and oxygen atoms in total. The van der Waals surface area contributed by atoms with Gasteiger partial charge in [-0.15, -0.1) is 0 Å². The fourth-order valence-electron chi connectivity index (χ4n) is 4.70. The first-order valence-electron chi connectivity index (χ1n) is 12.3. The number of nitrogens with zero attached hydrogens (tertiary/aromatic N) is 4. The predicted molar refractivity (Wildman–Crippen MR) is 140 cm³/mol. The summed E-state index contributed by atoms with van der Waals surface area (Å²) in [6, 6.07) is 13.7. The molecule has 1 aliphatic rings. The normalized spacial score (nSPS) is 13.5. The molecule has 5 rings (SSSR count). The summed E-state index contributed by atoms with van der Waals surface area (Å²) in [5.41, 5.74) is 0.531. The van der Waals surface area contributed by atoms with Gasteiger partial charge >= 0.3 is 5.97 Å². The van der Waals surface area contributed by atoms with Crippen molar-refractivity contribution >= 4 is 34.3 Å². The molecule has 0 saturated carbocycles. The van der Waals surface area contributed by atoms with Gasteiger partial charge in [0.1, 0.15) is 5.56 Å². The van der Waals surface area contributed by atoms with Gasteiger partial charge in [0.25, 0.3) is 11.5 Å². The van der Waals surface area contributed by atoms with Gasteiger partial charge in [-0.1, -0.05) is 30.3 Å². The highest BCUT2D eigenvalue weighted by Gasteiger charge is 2.31. The second-order valence-corrected chi connectivity index (χ2v) is 8.77. The molecule has 0 unspecified atom stereocenters. The molecule has 0 aliphatic carbocycles. The molecule has 0 radical (unpaired) electrons. The van der Waals surface area contributed by atoms with E-state index in [2.05, 4.69) is 4.98 Å². The number of Topliss-reactive ketones (excluding diaryl/α,β-unsaturated/α-hetero) is 1. The number of hydrogen-bond donors (Lipinski definition) is 0. The van der Waals surface area contributed by atoms with Crippen LogP contribution in [0.2, 0.25) is 0 Å². The molecule has 0 atom stereocenters. The average Bonchev–Trinajstić information content (AvgIpc) is 3.49. The Bertz CT molecular complexity index is 1540. The summed E-state index contributed by atoms with van der Waals surface area (Å²) in [7, 11) is 0. The lowest BCUT2D eigenvalue weighted by molar-refractivity contribution is 0.0522. The summed E-state index contributed by atoms with van der Waals surface area (Å²) >= 11 is 0. The van der Waals surface area contributed by atoms with Gasteiger partial charge in [0.15, 0.2) is 11.5 Å². The molecule has 1 fully saturated rings. The van der Waals surface area contributed by atoms with E-state index in [4.69, 9.17) is 9.15 Å². The monoisotopic (exact) mass is 514 g/mol. The molecule has 38 heavy (non-hydrogen) atoms. The molecule has 10 heteroatoms. The molecule has 0 spiro atoms. The smallest absolute Gasteiger partial charge is 0.345 e. The molecule has 0 N–H and O–H groups in total. The van der Waals surface area contributed by atoms with Crippen molar-refractivity contribution in [2.24, 2.45) is 0 Å². The number of fused-ring (bicyclic) bond motifs is 1. The summed E-state index contributed by atoms with van der Waals surface area (Å²) in [5.74, 6) is -0.997. The largest absolute Gasteiger partial charge is 0.462 e. The summed E-state index contributed by atoms with van der Waals surface area (Å²) in [5, 5.41) is 0.592. The fraction of sp³-hybridized carbons (Fsp3) is 0.250. The van der Waals surface area contributed by atoms with E-state index >= 15 is 0 Å². The van der Waals surface area contributed by atoms with Crippen LogP contribution < -0.4 is 10.5 Å². The summed E-state index contributed by atoms with van der Waals surface area (Å²) in [4.78, 5) is 60.6. The first-order chi connectivity index (χ1) is 18.5. The van der Waals surface area contributed by atoms with E-state index in [-0.39, 0.29) is 36.2 Å². The molecule has 194 valence electrons. The van der Waals surface area contributed by atoms with E-state index in [9.17, 15) is 19.2 Å². The number of hydrogen-bond acceptors (Lipinski definition) is 8. The Hall–Kier alpha value is -4.73. The number of ketones is 1. The van der Waals surface area contributed by atoms with Crippen molar-refractivity contribution in [3.63, 3.8) is 0 Å². The summed E-state index contributed by atoms with van der Waals surface area (Å²) in [6.45, 7) is 2.97. The van der Waals surface area contributed by atoms with Crippen LogP contribution in [0.4, 0.5) is 5.69 Å². The van der Waals surface area contributed by atoms with Crippen molar-refractivity contribution < 1.29 is 23.5 Å². The number of furan rings is 1. The van der Waals surface area contributed by atoms with Gasteiger partial charge in [0.05, 0.1) is 36.8 Å². The minimum absolute atomic E-state index is 0.0838. The average molecular weight is 515 g/mol. The van der Waals surface area contributed by atoms with E-state index in [1.54, 1.807) is 66.6 Å². The molecule has 0 bridgehead atoms. The highest BCUT2D eigenvalue weighted by atomic mass is 16.5. The van der Waals surface area contributed by atoms with Gasteiger partial charge in [-0.25, -0.2) is 4.79 Å². The number of amides is 1. The lowest BCUT2D eigenvalue weighted by atomic mass is 10.1. The number of aromatic nitrogens is 2. The van der Waals surface area contributed by atoms with Crippen molar-refractivity contribution in [2.45, 2.75) is 13.5 Å². The number of rotatable bonds is 7. The number of pyridine rings is 2. The molecular weight excluding hydrogens is 488 g/mol. The SMILES string of the molecule is CCOC(=O)c1c(N2CCN(C(=O)c3ccco3)CC2)c2ccncc2n(CC(=O)c2ccccc2)c1=O. The van der Waals surface area contributed by atoms with Crippen LogP contribution in [0.1, 0.15) is 38.2 Å². The quantitative estimate of drug-likeness (QED) is 0.273. The van der Waals surface area contributed by atoms with Crippen LogP contribution >= 0.6 is 0 Å². The molecule has 4 heterocycles. The number of ether oxygens (including phenoxy) is 1. The van der Waals surface area contributed by atoms with Crippen LogP contribution in [-0.2, 0) is 11.3 Å². The van der Waals surface area contributed by atoms with Gasteiger partial charge in [-0.05, 0) is 25.1 Å². The van der Waals surface area contributed by atoms with E-state index in [0.29, 0.717) is 48.3 Å². The Morgan fingerprint density at radius 3 is 2.45 bits per heavy atom. The molecule has 1 aliphatic heterocycles. The topological polar surface area (TPSA) is 115 Å². The maximum atomic E-state index is 13.8. The second kappa shape index (κ2) is 10.7. The number of piperazine rings is 1. The van der Waals surface area contributed by atoms with Gasteiger partial charge in [0, 0.05) is 43.3 Å². The fourth-order valence-corrected chi connectivity index (χ4v) is 4.70. The zero-order valence-corrected chi connectivity index (χ0v) is 20.8. The van der Waals surface area contributed by atoms with E-state index < -0.39 is 11.5 Å². The molecule has 1 aromatic carbocycles. The minimum Gasteiger partial charge on any atom is -0.462 e. The van der Waals surface area contributed by atoms with Crippen LogP contribution in [0.5, 0.6) is 0 Å². The Kier molecular flexibility index (Phi) is 7.03. The Morgan fingerprint density at radius 2 is 1.76 bits per heavy atom. The van der Waals surface area contributed by atoms with Gasteiger partial charge in [-0.3, -0.25) is 23.9 Å². The zero-order chi connectivity index (χ0) is 26.6. The van der Waals surface area contributed by atoms with Crippen LogP contribution in [0.25, 0.3) is 10.9 Å². The molecule has 1 amide bonds. The number of benzene rings is 1. The van der Waals surface area contributed by atoms with Crippen LogP contribution in [0, 0.1) is 0 Å². The van der Waals surface area contributed by atoms with Crippen molar-refractivity contribution in [3.8, 4) is 0 Å². The van der Waals surface area contributed by atoms with Gasteiger partial charge < -0.3 is 19.0 Å². The van der Waals surface area contributed by atoms with Crippen LogP contribution in [-0.4, -0.2) is 64.9 Å². The molecular formula is C28H26N4O6. The van der Waals surface area contributed by atoms with Crippen LogP contribution in [0.15, 0.2) is 76.4 Å². The molecule has 4 aromatic rings. The maximum Gasteiger partial charge on any atom is 0.345 e. The highest BCUT2D eigenvalue weighted by Crippen LogP contribution is 2.30.